The van der Waals surface area contributed by atoms with E-state index in [2.05, 4.69) is 6.58 Å². The molecule has 0 aliphatic heterocycles. The molecule has 1 aromatic rings. The first-order chi connectivity index (χ1) is 12.5. The molecule has 0 amide bonds. The molecule has 0 heterocycles. The van der Waals surface area contributed by atoms with Gasteiger partial charge in [-0.05, 0) is 59.2 Å². The van der Waals surface area contributed by atoms with E-state index in [0.717, 1.165) is 24.3 Å². The van der Waals surface area contributed by atoms with Gasteiger partial charge in [0.05, 0.1) is 11.1 Å². The standard InChI is InChI=1S/C20H25F3O5/c1-12(16(24)27-18(2,3)4)15(26-17(25)28-19(5,6)7)13-8-10-14(11-9-13)20(21,22)23/h8-11,15H,1H2,2-7H3. The molecule has 1 rings (SSSR count). The Morgan fingerprint density at radius 2 is 1.36 bits per heavy atom. The summed E-state index contributed by atoms with van der Waals surface area (Å²) >= 11 is 0. The molecule has 0 saturated carbocycles. The fourth-order valence-electron chi connectivity index (χ4n) is 2.01. The second kappa shape index (κ2) is 8.24. The van der Waals surface area contributed by atoms with Gasteiger partial charge in [-0.15, -0.1) is 0 Å². The van der Waals surface area contributed by atoms with Gasteiger partial charge in [-0.2, -0.15) is 13.2 Å². The van der Waals surface area contributed by atoms with Crippen molar-refractivity contribution < 1.29 is 37.0 Å². The van der Waals surface area contributed by atoms with Crippen molar-refractivity contribution in [1.29, 1.82) is 0 Å². The minimum Gasteiger partial charge on any atom is -0.457 e. The number of alkyl halides is 3. The summed E-state index contributed by atoms with van der Waals surface area (Å²) < 4.78 is 53.8. The summed E-state index contributed by atoms with van der Waals surface area (Å²) in [7, 11) is 0. The molecular weight excluding hydrogens is 377 g/mol. The lowest BCUT2D eigenvalue weighted by atomic mass is 10.0. The van der Waals surface area contributed by atoms with Crippen molar-refractivity contribution in [3.05, 3.63) is 47.5 Å². The van der Waals surface area contributed by atoms with Crippen molar-refractivity contribution in [2.24, 2.45) is 0 Å². The topological polar surface area (TPSA) is 61.8 Å². The molecule has 8 heteroatoms. The lowest BCUT2D eigenvalue weighted by molar-refractivity contribution is -0.151. The zero-order valence-corrected chi connectivity index (χ0v) is 16.8. The van der Waals surface area contributed by atoms with Crippen LogP contribution < -0.4 is 0 Å². The van der Waals surface area contributed by atoms with Gasteiger partial charge in [-0.25, -0.2) is 9.59 Å². The molecule has 0 saturated heterocycles. The fraction of sp³-hybridized carbons (Fsp3) is 0.500. The molecule has 0 aromatic heterocycles. The van der Waals surface area contributed by atoms with Crippen LogP contribution in [0.3, 0.4) is 0 Å². The SMILES string of the molecule is C=C(C(=O)OC(C)(C)C)C(OC(=O)OC(C)(C)C)c1ccc(C(F)(F)F)cc1. The molecule has 1 aromatic carbocycles. The van der Waals surface area contributed by atoms with Gasteiger partial charge in [0.2, 0.25) is 0 Å². The van der Waals surface area contributed by atoms with E-state index in [0.29, 0.717) is 0 Å². The van der Waals surface area contributed by atoms with Crippen LogP contribution in [-0.4, -0.2) is 23.3 Å². The third-order valence-corrected chi connectivity index (χ3v) is 3.12. The highest BCUT2D eigenvalue weighted by molar-refractivity contribution is 5.89. The second-order valence-electron chi connectivity index (χ2n) is 8.11. The maximum absolute atomic E-state index is 12.8. The summed E-state index contributed by atoms with van der Waals surface area (Å²) in [6, 6.07) is 3.85. The van der Waals surface area contributed by atoms with E-state index in [1.807, 2.05) is 0 Å². The number of esters is 1. The first kappa shape index (κ1) is 23.5. The highest BCUT2D eigenvalue weighted by Gasteiger charge is 2.33. The zero-order valence-electron chi connectivity index (χ0n) is 16.8. The Balaban J connectivity index is 3.18. The number of ether oxygens (including phenoxy) is 3. The van der Waals surface area contributed by atoms with Gasteiger partial charge in [0, 0.05) is 0 Å². The summed E-state index contributed by atoms with van der Waals surface area (Å²) in [4.78, 5) is 24.4. The molecule has 0 bridgehead atoms. The highest BCUT2D eigenvalue weighted by atomic mass is 19.4. The molecule has 0 aliphatic carbocycles. The Bertz CT molecular complexity index is 722. The lowest BCUT2D eigenvalue weighted by Gasteiger charge is -2.26. The summed E-state index contributed by atoms with van der Waals surface area (Å²) in [6.07, 6.45) is -6.99. The van der Waals surface area contributed by atoms with Gasteiger partial charge < -0.3 is 14.2 Å². The Morgan fingerprint density at radius 1 is 0.893 bits per heavy atom. The van der Waals surface area contributed by atoms with Crippen LogP contribution in [0.25, 0.3) is 0 Å². The van der Waals surface area contributed by atoms with Crippen molar-refractivity contribution in [3.63, 3.8) is 0 Å². The van der Waals surface area contributed by atoms with Gasteiger partial charge >= 0.3 is 18.3 Å². The van der Waals surface area contributed by atoms with Gasteiger partial charge in [-0.3, -0.25) is 0 Å². The quantitative estimate of drug-likeness (QED) is 0.485. The minimum atomic E-state index is -4.53. The predicted molar refractivity (Wildman–Crippen MR) is 96.5 cm³/mol. The van der Waals surface area contributed by atoms with E-state index in [1.54, 1.807) is 41.5 Å². The van der Waals surface area contributed by atoms with Crippen LogP contribution in [0.15, 0.2) is 36.4 Å². The second-order valence-corrected chi connectivity index (χ2v) is 8.11. The molecule has 1 unspecified atom stereocenters. The van der Waals surface area contributed by atoms with E-state index >= 15 is 0 Å². The first-order valence-corrected chi connectivity index (χ1v) is 8.48. The molecule has 0 fully saturated rings. The van der Waals surface area contributed by atoms with Crippen molar-refractivity contribution in [1.82, 2.24) is 0 Å². The van der Waals surface area contributed by atoms with Gasteiger partial charge in [-0.1, -0.05) is 18.7 Å². The van der Waals surface area contributed by atoms with Crippen molar-refractivity contribution >= 4 is 12.1 Å². The molecule has 0 radical (unpaired) electrons. The first-order valence-electron chi connectivity index (χ1n) is 8.48. The Morgan fingerprint density at radius 3 is 1.75 bits per heavy atom. The maximum atomic E-state index is 12.8. The molecular formula is C20H25F3O5. The summed E-state index contributed by atoms with van der Waals surface area (Å²) in [5.41, 5.74) is -2.71. The van der Waals surface area contributed by atoms with Gasteiger partial charge in [0.15, 0.2) is 6.10 Å². The average molecular weight is 402 g/mol. The van der Waals surface area contributed by atoms with Crippen molar-refractivity contribution in [2.75, 3.05) is 0 Å². The molecule has 1 atom stereocenters. The highest BCUT2D eigenvalue weighted by Crippen LogP contribution is 2.33. The monoisotopic (exact) mass is 402 g/mol. The Hall–Kier alpha value is -2.51. The van der Waals surface area contributed by atoms with Crippen LogP contribution in [0.5, 0.6) is 0 Å². The van der Waals surface area contributed by atoms with Gasteiger partial charge in [0.25, 0.3) is 0 Å². The normalized spacial score (nSPS) is 13.5. The molecule has 0 N–H and O–H groups in total. The van der Waals surface area contributed by atoms with Crippen LogP contribution in [0.4, 0.5) is 18.0 Å². The minimum absolute atomic E-state index is 0.120. The smallest absolute Gasteiger partial charge is 0.457 e. The third-order valence-electron chi connectivity index (χ3n) is 3.12. The average Bonchev–Trinajstić information content (AvgIpc) is 2.48. The summed E-state index contributed by atoms with van der Waals surface area (Å²) in [6.45, 7) is 13.4. The summed E-state index contributed by atoms with van der Waals surface area (Å²) in [5.74, 6) is -0.846. The fourth-order valence-corrected chi connectivity index (χ4v) is 2.01. The van der Waals surface area contributed by atoms with E-state index in [4.69, 9.17) is 14.2 Å². The number of hydrogen-bond donors (Lipinski definition) is 0. The number of benzene rings is 1. The van der Waals surface area contributed by atoms with E-state index in [1.165, 1.54) is 0 Å². The van der Waals surface area contributed by atoms with Crippen LogP contribution >= 0.6 is 0 Å². The van der Waals surface area contributed by atoms with Crippen molar-refractivity contribution in [2.45, 2.75) is 65.0 Å². The van der Waals surface area contributed by atoms with E-state index < -0.39 is 41.2 Å². The Kier molecular flexibility index (Phi) is 6.93. The molecule has 28 heavy (non-hydrogen) atoms. The number of carbonyl (C=O) groups is 2. The molecule has 0 spiro atoms. The Labute approximate surface area is 162 Å². The third kappa shape index (κ3) is 7.62. The van der Waals surface area contributed by atoms with Crippen LogP contribution in [0.1, 0.15) is 58.8 Å². The van der Waals surface area contributed by atoms with Crippen LogP contribution in [-0.2, 0) is 25.2 Å². The number of halogens is 3. The number of rotatable bonds is 4. The van der Waals surface area contributed by atoms with Crippen LogP contribution in [0, 0.1) is 0 Å². The number of hydrogen-bond acceptors (Lipinski definition) is 5. The number of carbonyl (C=O) groups excluding carboxylic acids is 2. The van der Waals surface area contributed by atoms with Gasteiger partial charge in [0.1, 0.15) is 11.2 Å². The van der Waals surface area contributed by atoms with E-state index in [-0.39, 0.29) is 11.1 Å². The molecule has 156 valence electrons. The lowest BCUT2D eigenvalue weighted by Crippen LogP contribution is -2.29. The van der Waals surface area contributed by atoms with Crippen LogP contribution in [0.2, 0.25) is 0 Å². The molecule has 0 aliphatic rings. The zero-order chi connectivity index (χ0) is 21.9. The van der Waals surface area contributed by atoms with E-state index in [9.17, 15) is 22.8 Å². The maximum Gasteiger partial charge on any atom is 0.509 e. The summed E-state index contributed by atoms with van der Waals surface area (Å²) in [5, 5.41) is 0. The largest absolute Gasteiger partial charge is 0.509 e. The molecule has 5 nitrogen and oxygen atoms in total. The predicted octanol–water partition coefficient (Wildman–Crippen LogP) is 5.60. The van der Waals surface area contributed by atoms with Crippen molar-refractivity contribution in [3.8, 4) is 0 Å².